The normalized spacial score (nSPS) is 14.3. The van der Waals surface area contributed by atoms with Gasteiger partial charge in [0.05, 0.1) is 11.5 Å². The standard InChI is InChI=1S/C26H28N2O7S/c1-3-33-20-6-8-21(9-7-20)35-26(30)27-15-12-22(13-16-27)34-23-14-17-28(25(29)18-23)19-4-10-24(11-5-19)36(2,31)32/h4-11,14,17-18,22H,3,12-13,15-16H2,1-2H3. The topological polar surface area (TPSA) is 104 Å². The van der Waals surface area contributed by atoms with Crippen LogP contribution in [0.5, 0.6) is 17.2 Å². The Balaban J connectivity index is 1.30. The quantitative estimate of drug-likeness (QED) is 0.476. The second-order valence-electron chi connectivity index (χ2n) is 8.41. The number of nitrogens with zero attached hydrogens (tertiary/aromatic N) is 2. The summed E-state index contributed by atoms with van der Waals surface area (Å²) in [7, 11) is -3.31. The van der Waals surface area contributed by atoms with Gasteiger partial charge in [-0.2, -0.15) is 0 Å². The van der Waals surface area contributed by atoms with Crippen molar-refractivity contribution in [3.05, 3.63) is 77.2 Å². The largest absolute Gasteiger partial charge is 0.494 e. The summed E-state index contributed by atoms with van der Waals surface area (Å²) in [6.07, 6.45) is 3.39. The van der Waals surface area contributed by atoms with Crippen molar-refractivity contribution < 1.29 is 27.4 Å². The summed E-state index contributed by atoms with van der Waals surface area (Å²) >= 11 is 0. The molecule has 0 unspecified atom stereocenters. The van der Waals surface area contributed by atoms with E-state index in [9.17, 15) is 18.0 Å². The predicted octanol–water partition coefficient (Wildman–Crippen LogP) is 3.68. The lowest BCUT2D eigenvalue weighted by Gasteiger charge is -2.31. The van der Waals surface area contributed by atoms with Crippen LogP contribution in [0, 0.1) is 0 Å². The molecule has 1 amide bonds. The van der Waals surface area contributed by atoms with E-state index >= 15 is 0 Å². The summed E-state index contributed by atoms with van der Waals surface area (Å²) < 4.78 is 41.5. The van der Waals surface area contributed by atoms with E-state index < -0.39 is 15.9 Å². The molecule has 0 aliphatic carbocycles. The summed E-state index contributed by atoms with van der Waals surface area (Å²) in [5.74, 6) is 1.61. The maximum Gasteiger partial charge on any atom is 0.415 e. The number of pyridine rings is 1. The van der Waals surface area contributed by atoms with E-state index in [1.165, 1.54) is 22.8 Å². The molecule has 2 aromatic carbocycles. The summed E-state index contributed by atoms with van der Waals surface area (Å²) in [5.41, 5.74) is 0.259. The monoisotopic (exact) mass is 512 g/mol. The van der Waals surface area contributed by atoms with Crippen molar-refractivity contribution in [1.82, 2.24) is 9.47 Å². The van der Waals surface area contributed by atoms with Gasteiger partial charge in [-0.25, -0.2) is 13.2 Å². The van der Waals surface area contributed by atoms with E-state index in [1.807, 2.05) is 6.92 Å². The van der Waals surface area contributed by atoms with E-state index in [1.54, 1.807) is 53.6 Å². The van der Waals surface area contributed by atoms with Gasteiger partial charge in [0.15, 0.2) is 9.84 Å². The van der Waals surface area contributed by atoms with Crippen molar-refractivity contribution >= 4 is 15.9 Å². The first kappa shape index (κ1) is 25.3. The van der Waals surface area contributed by atoms with E-state index in [-0.39, 0.29) is 16.6 Å². The average molecular weight is 513 g/mol. The van der Waals surface area contributed by atoms with Crippen LogP contribution >= 0.6 is 0 Å². The molecule has 0 N–H and O–H groups in total. The van der Waals surface area contributed by atoms with Crippen LogP contribution in [0.1, 0.15) is 19.8 Å². The molecule has 0 spiro atoms. The molecular formula is C26H28N2O7S. The Bertz CT molecular complexity index is 1360. The Kier molecular flexibility index (Phi) is 7.64. The zero-order valence-electron chi connectivity index (χ0n) is 20.1. The third-order valence-corrected chi connectivity index (χ3v) is 6.91. The summed E-state index contributed by atoms with van der Waals surface area (Å²) in [5, 5.41) is 0. The molecule has 0 atom stereocenters. The van der Waals surface area contributed by atoms with Crippen LogP contribution in [0.25, 0.3) is 5.69 Å². The van der Waals surface area contributed by atoms with Crippen LogP contribution in [0.3, 0.4) is 0 Å². The van der Waals surface area contributed by atoms with Crippen LogP contribution in [0.4, 0.5) is 4.79 Å². The van der Waals surface area contributed by atoms with Crippen molar-refractivity contribution in [1.29, 1.82) is 0 Å². The van der Waals surface area contributed by atoms with Gasteiger partial charge >= 0.3 is 6.09 Å². The third kappa shape index (κ3) is 6.25. The molecule has 1 fully saturated rings. The maximum absolute atomic E-state index is 12.6. The first-order valence-electron chi connectivity index (χ1n) is 11.6. The van der Waals surface area contributed by atoms with Gasteiger partial charge in [-0.05, 0) is 61.5 Å². The van der Waals surface area contributed by atoms with Crippen molar-refractivity contribution in [2.45, 2.75) is 30.8 Å². The van der Waals surface area contributed by atoms with Crippen molar-refractivity contribution in [3.8, 4) is 22.9 Å². The Morgan fingerprint density at radius 3 is 2.17 bits per heavy atom. The summed E-state index contributed by atoms with van der Waals surface area (Å²) in [6.45, 7) is 3.42. The highest BCUT2D eigenvalue weighted by Crippen LogP contribution is 2.22. The number of aromatic nitrogens is 1. The van der Waals surface area contributed by atoms with Crippen molar-refractivity contribution in [2.75, 3.05) is 26.0 Å². The number of sulfone groups is 1. The molecule has 190 valence electrons. The van der Waals surface area contributed by atoms with Gasteiger partial charge in [-0.3, -0.25) is 9.36 Å². The molecule has 0 saturated carbocycles. The maximum atomic E-state index is 12.6. The second-order valence-corrected chi connectivity index (χ2v) is 10.4. The smallest absolute Gasteiger partial charge is 0.415 e. The van der Waals surface area contributed by atoms with Crippen LogP contribution in [0.2, 0.25) is 0 Å². The molecule has 1 saturated heterocycles. The zero-order valence-corrected chi connectivity index (χ0v) is 20.9. The number of hydrogen-bond acceptors (Lipinski definition) is 7. The second kappa shape index (κ2) is 10.9. The molecule has 2 heterocycles. The van der Waals surface area contributed by atoms with Gasteiger partial charge in [0, 0.05) is 50.1 Å². The summed E-state index contributed by atoms with van der Waals surface area (Å²) in [4.78, 5) is 26.9. The van der Waals surface area contributed by atoms with E-state index in [4.69, 9.17) is 14.2 Å². The third-order valence-electron chi connectivity index (χ3n) is 5.78. The first-order valence-corrected chi connectivity index (χ1v) is 13.5. The number of piperidine rings is 1. The number of carbonyl (C=O) groups excluding carboxylic acids is 1. The molecule has 1 aromatic heterocycles. The van der Waals surface area contributed by atoms with Crippen molar-refractivity contribution in [2.24, 2.45) is 0 Å². The minimum atomic E-state index is -3.31. The number of benzene rings is 2. The average Bonchev–Trinajstić information content (AvgIpc) is 2.85. The van der Waals surface area contributed by atoms with Crippen LogP contribution in [-0.2, 0) is 9.84 Å². The summed E-state index contributed by atoms with van der Waals surface area (Å²) in [6, 6.07) is 16.1. The number of amides is 1. The van der Waals surface area contributed by atoms with Crippen LogP contribution in [0.15, 0.2) is 76.6 Å². The predicted molar refractivity (Wildman–Crippen MR) is 134 cm³/mol. The fourth-order valence-electron chi connectivity index (χ4n) is 3.89. The minimum Gasteiger partial charge on any atom is -0.494 e. The number of ether oxygens (including phenoxy) is 3. The van der Waals surface area contributed by atoms with Gasteiger partial charge in [0.2, 0.25) is 0 Å². The van der Waals surface area contributed by atoms with Gasteiger partial charge in [0.1, 0.15) is 23.4 Å². The van der Waals surface area contributed by atoms with Gasteiger partial charge in [0.25, 0.3) is 5.56 Å². The first-order chi connectivity index (χ1) is 17.2. The van der Waals surface area contributed by atoms with Crippen molar-refractivity contribution in [3.63, 3.8) is 0 Å². The SMILES string of the molecule is CCOc1ccc(OC(=O)N2CCC(Oc3ccn(-c4ccc(S(C)(=O)=O)cc4)c(=O)c3)CC2)cc1. The van der Waals surface area contributed by atoms with E-state index in [2.05, 4.69) is 0 Å². The Labute approximate surface area is 209 Å². The molecule has 1 aliphatic rings. The highest BCUT2D eigenvalue weighted by molar-refractivity contribution is 7.90. The molecule has 3 aromatic rings. The highest BCUT2D eigenvalue weighted by Gasteiger charge is 2.25. The minimum absolute atomic E-state index is 0.135. The number of rotatable bonds is 7. The molecule has 4 rings (SSSR count). The molecule has 9 nitrogen and oxygen atoms in total. The lowest BCUT2D eigenvalue weighted by atomic mass is 10.1. The van der Waals surface area contributed by atoms with E-state index in [0.29, 0.717) is 55.5 Å². The van der Waals surface area contributed by atoms with Crippen LogP contribution in [-0.4, -0.2) is 56.0 Å². The van der Waals surface area contributed by atoms with Gasteiger partial charge in [-0.15, -0.1) is 0 Å². The molecular weight excluding hydrogens is 484 g/mol. The lowest BCUT2D eigenvalue weighted by molar-refractivity contribution is 0.0929. The number of likely N-dealkylation sites (tertiary alicyclic amines) is 1. The Hall–Kier alpha value is -3.79. The molecule has 36 heavy (non-hydrogen) atoms. The number of hydrogen-bond donors (Lipinski definition) is 0. The molecule has 10 heteroatoms. The molecule has 1 aliphatic heterocycles. The highest BCUT2D eigenvalue weighted by atomic mass is 32.2. The number of carbonyl (C=O) groups is 1. The van der Waals surface area contributed by atoms with Crippen LogP contribution < -0.4 is 19.8 Å². The molecule has 0 radical (unpaired) electrons. The Morgan fingerprint density at radius 2 is 1.58 bits per heavy atom. The van der Waals surface area contributed by atoms with Gasteiger partial charge in [-0.1, -0.05) is 0 Å². The Morgan fingerprint density at radius 1 is 0.944 bits per heavy atom. The lowest BCUT2D eigenvalue weighted by Crippen LogP contribution is -2.43. The fourth-order valence-corrected chi connectivity index (χ4v) is 4.52. The zero-order chi connectivity index (χ0) is 25.7. The fraction of sp³-hybridized carbons (Fsp3) is 0.308. The molecule has 0 bridgehead atoms. The van der Waals surface area contributed by atoms with Gasteiger partial charge < -0.3 is 19.1 Å². The van der Waals surface area contributed by atoms with E-state index in [0.717, 1.165) is 6.26 Å².